The van der Waals surface area contributed by atoms with Gasteiger partial charge in [0.25, 0.3) is 0 Å². The number of fused-ring (bicyclic) bond motifs is 2. The molecule has 0 bridgehead atoms. The minimum atomic E-state index is -0.296. The summed E-state index contributed by atoms with van der Waals surface area (Å²) in [4.78, 5) is 12.1. The molecule has 0 saturated heterocycles. The highest BCUT2D eigenvalue weighted by Gasteiger charge is 2.32. The van der Waals surface area contributed by atoms with E-state index in [-0.39, 0.29) is 5.66 Å². The zero-order chi connectivity index (χ0) is 17.8. The summed E-state index contributed by atoms with van der Waals surface area (Å²) in [6, 6.07) is 14.9. The van der Waals surface area contributed by atoms with Crippen molar-refractivity contribution >= 4 is 22.3 Å². The highest BCUT2D eigenvalue weighted by Crippen LogP contribution is 2.37. The van der Waals surface area contributed by atoms with Crippen LogP contribution in [0.3, 0.4) is 0 Å². The van der Waals surface area contributed by atoms with Crippen LogP contribution in [0.5, 0.6) is 0 Å². The number of para-hydroxylation sites is 2. The molecule has 0 aliphatic carbocycles. The van der Waals surface area contributed by atoms with Crippen molar-refractivity contribution in [1.29, 1.82) is 0 Å². The molecule has 0 N–H and O–H groups in total. The molecule has 3 heteroatoms. The second-order valence-corrected chi connectivity index (χ2v) is 7.36. The Morgan fingerprint density at radius 2 is 1.68 bits per heavy atom. The van der Waals surface area contributed by atoms with Gasteiger partial charge in [-0.1, -0.05) is 36.4 Å². The lowest BCUT2D eigenvalue weighted by Crippen LogP contribution is -2.44. The van der Waals surface area contributed by atoms with Crippen LogP contribution in [0.4, 0.5) is 5.69 Å². The molecule has 0 unspecified atom stereocenters. The molecular formula is C22H23N3. The second-order valence-electron chi connectivity index (χ2n) is 7.36. The predicted molar refractivity (Wildman–Crippen MR) is 106 cm³/mol. The van der Waals surface area contributed by atoms with Gasteiger partial charge in [-0.15, -0.1) is 0 Å². The first-order chi connectivity index (χ1) is 11.9. The predicted octanol–water partition coefficient (Wildman–Crippen LogP) is 4.87. The molecule has 3 nitrogen and oxygen atoms in total. The van der Waals surface area contributed by atoms with Gasteiger partial charge in [0.1, 0.15) is 5.66 Å². The molecule has 4 rings (SSSR count). The van der Waals surface area contributed by atoms with Gasteiger partial charge >= 0.3 is 0 Å². The molecule has 0 fully saturated rings. The minimum absolute atomic E-state index is 0.296. The minimum Gasteiger partial charge on any atom is -0.350 e. The summed E-state index contributed by atoms with van der Waals surface area (Å²) < 4.78 is 0. The van der Waals surface area contributed by atoms with E-state index in [0.29, 0.717) is 0 Å². The van der Waals surface area contributed by atoms with Gasteiger partial charge in [0, 0.05) is 29.8 Å². The van der Waals surface area contributed by atoms with Crippen LogP contribution < -0.4 is 4.90 Å². The van der Waals surface area contributed by atoms with Crippen LogP contribution >= 0.6 is 0 Å². The third-order valence-electron chi connectivity index (χ3n) is 5.22. The maximum atomic E-state index is 5.08. The summed E-state index contributed by atoms with van der Waals surface area (Å²) in [7, 11) is 2.12. The molecule has 1 aliphatic heterocycles. The van der Waals surface area contributed by atoms with Gasteiger partial charge in [-0.25, -0.2) is 0 Å². The van der Waals surface area contributed by atoms with Gasteiger partial charge in [-0.3, -0.25) is 9.98 Å². The number of pyridine rings is 1. The fourth-order valence-electron chi connectivity index (χ4n) is 3.64. The van der Waals surface area contributed by atoms with E-state index in [4.69, 9.17) is 9.98 Å². The number of rotatable bonds is 1. The number of anilines is 1. The Morgan fingerprint density at radius 1 is 0.960 bits per heavy atom. The van der Waals surface area contributed by atoms with Gasteiger partial charge in [0.15, 0.2) is 0 Å². The van der Waals surface area contributed by atoms with Crippen molar-refractivity contribution in [2.75, 3.05) is 11.9 Å². The number of nitrogens with zero attached hydrogens (tertiary/aromatic N) is 3. The molecule has 0 spiro atoms. The molecule has 2 aromatic carbocycles. The van der Waals surface area contributed by atoms with Crippen LogP contribution in [0, 0.1) is 13.8 Å². The maximum Gasteiger partial charge on any atom is 0.126 e. The molecule has 25 heavy (non-hydrogen) atoms. The van der Waals surface area contributed by atoms with E-state index in [9.17, 15) is 0 Å². The summed E-state index contributed by atoms with van der Waals surface area (Å²) in [5.41, 5.74) is 7.76. The van der Waals surface area contributed by atoms with E-state index in [2.05, 4.69) is 82.1 Å². The standard InChI is InChI=1S/C22H23N3/c1-14-8-6-10-16-12-17(13-23-19(14)16)20-18-11-7-9-15(2)21(18)25(5)22(3,4)24-20/h6-13H,1-5H3. The fraction of sp³-hybridized carbons (Fsp3) is 0.273. The molecule has 1 aliphatic rings. The molecule has 2 heterocycles. The van der Waals surface area contributed by atoms with Crippen molar-refractivity contribution in [2.45, 2.75) is 33.4 Å². The van der Waals surface area contributed by atoms with E-state index >= 15 is 0 Å². The van der Waals surface area contributed by atoms with Crippen LogP contribution in [-0.4, -0.2) is 23.4 Å². The molecule has 0 atom stereocenters. The average Bonchev–Trinajstić information content (AvgIpc) is 2.58. The van der Waals surface area contributed by atoms with Crippen LogP contribution in [0.2, 0.25) is 0 Å². The Morgan fingerprint density at radius 3 is 2.48 bits per heavy atom. The Balaban J connectivity index is 1.97. The zero-order valence-corrected chi connectivity index (χ0v) is 15.5. The number of hydrogen-bond donors (Lipinski definition) is 0. The average molecular weight is 329 g/mol. The monoisotopic (exact) mass is 329 g/mol. The highest BCUT2D eigenvalue weighted by molar-refractivity contribution is 6.18. The Kier molecular flexibility index (Phi) is 3.43. The van der Waals surface area contributed by atoms with Gasteiger partial charge in [-0.2, -0.15) is 0 Å². The van der Waals surface area contributed by atoms with Crippen LogP contribution in [-0.2, 0) is 0 Å². The summed E-state index contributed by atoms with van der Waals surface area (Å²) >= 11 is 0. The lowest BCUT2D eigenvalue weighted by Gasteiger charge is -2.41. The van der Waals surface area contributed by atoms with Crippen LogP contribution in [0.15, 0.2) is 53.7 Å². The van der Waals surface area contributed by atoms with Gasteiger partial charge < -0.3 is 4.90 Å². The SMILES string of the molecule is Cc1cccc2c1N(C)C(C)(C)N=C2c1cnc2c(C)cccc2c1. The summed E-state index contributed by atoms with van der Waals surface area (Å²) in [5.74, 6) is 0. The van der Waals surface area contributed by atoms with E-state index in [1.54, 1.807) is 0 Å². The first-order valence-electron chi connectivity index (χ1n) is 8.68. The van der Waals surface area contributed by atoms with Gasteiger partial charge in [0.05, 0.1) is 16.9 Å². The van der Waals surface area contributed by atoms with Crippen molar-refractivity contribution in [3.8, 4) is 0 Å². The number of hydrogen-bond acceptors (Lipinski definition) is 3. The topological polar surface area (TPSA) is 28.5 Å². The zero-order valence-electron chi connectivity index (χ0n) is 15.5. The third kappa shape index (κ3) is 2.42. The fourth-order valence-corrected chi connectivity index (χ4v) is 3.64. The first-order valence-corrected chi connectivity index (χ1v) is 8.68. The highest BCUT2D eigenvalue weighted by atomic mass is 15.3. The molecule has 3 aromatic rings. The van der Waals surface area contributed by atoms with E-state index < -0.39 is 0 Å². The van der Waals surface area contributed by atoms with E-state index in [1.807, 2.05) is 6.20 Å². The lowest BCUT2D eigenvalue weighted by molar-refractivity contribution is 0.507. The summed E-state index contributed by atoms with van der Waals surface area (Å²) in [5, 5.41) is 1.16. The van der Waals surface area contributed by atoms with Crippen LogP contribution in [0.25, 0.3) is 10.9 Å². The molecule has 0 amide bonds. The Labute approximate surface area is 149 Å². The summed E-state index contributed by atoms with van der Waals surface area (Å²) in [6.07, 6.45) is 1.96. The van der Waals surface area contributed by atoms with Crippen molar-refractivity contribution < 1.29 is 0 Å². The van der Waals surface area contributed by atoms with Gasteiger partial charge in [-0.05, 0) is 44.9 Å². The van der Waals surface area contributed by atoms with Crippen molar-refractivity contribution in [3.63, 3.8) is 0 Å². The lowest BCUT2D eigenvalue weighted by atomic mass is 9.93. The molecule has 0 saturated carbocycles. The number of aryl methyl sites for hydroxylation is 2. The maximum absolute atomic E-state index is 5.08. The largest absolute Gasteiger partial charge is 0.350 e. The third-order valence-corrected chi connectivity index (χ3v) is 5.22. The summed E-state index contributed by atoms with van der Waals surface area (Å²) in [6.45, 7) is 8.57. The number of aliphatic imine (C=N–C) groups is 1. The van der Waals surface area contributed by atoms with Crippen LogP contribution in [0.1, 0.15) is 36.1 Å². The quantitative estimate of drug-likeness (QED) is 0.637. The number of aromatic nitrogens is 1. The second kappa shape index (κ2) is 5.41. The first kappa shape index (κ1) is 15.8. The Hall–Kier alpha value is -2.68. The van der Waals surface area contributed by atoms with E-state index in [1.165, 1.54) is 22.4 Å². The molecule has 126 valence electrons. The van der Waals surface area contributed by atoms with E-state index in [0.717, 1.165) is 22.2 Å². The van der Waals surface area contributed by atoms with Crippen molar-refractivity contribution in [1.82, 2.24) is 4.98 Å². The van der Waals surface area contributed by atoms with Gasteiger partial charge in [0.2, 0.25) is 0 Å². The smallest absolute Gasteiger partial charge is 0.126 e. The molecular weight excluding hydrogens is 306 g/mol. The van der Waals surface area contributed by atoms with Crippen molar-refractivity contribution in [2.24, 2.45) is 4.99 Å². The number of benzene rings is 2. The Bertz CT molecular complexity index is 1010. The molecule has 0 radical (unpaired) electrons. The normalized spacial score (nSPS) is 15.9. The molecule has 1 aromatic heterocycles. The van der Waals surface area contributed by atoms with Crippen molar-refractivity contribution in [3.05, 3.63) is 70.9 Å².